The smallest absolute Gasteiger partial charge is 0.131 e. The van der Waals surface area contributed by atoms with Crippen molar-refractivity contribution in [3.8, 4) is 5.75 Å². The van der Waals surface area contributed by atoms with Crippen molar-refractivity contribution in [2.45, 2.75) is 0 Å². The highest BCUT2D eigenvalue weighted by Crippen LogP contribution is 2.17. The molecule has 0 spiro atoms. The number of benzene rings is 1. The van der Waals surface area contributed by atoms with E-state index in [1.54, 1.807) is 7.11 Å². The van der Waals surface area contributed by atoms with Gasteiger partial charge in [-0.25, -0.2) is 0 Å². The third-order valence-corrected chi connectivity index (χ3v) is 2.11. The van der Waals surface area contributed by atoms with Gasteiger partial charge in [-0.3, -0.25) is 0 Å². The van der Waals surface area contributed by atoms with Crippen molar-refractivity contribution in [3.63, 3.8) is 0 Å². The molecule has 1 rings (SSSR count). The van der Waals surface area contributed by atoms with E-state index in [4.69, 9.17) is 4.74 Å². The second-order valence-corrected chi connectivity index (χ2v) is 3.13. The molecule has 0 heterocycles. The van der Waals surface area contributed by atoms with Crippen molar-refractivity contribution in [1.82, 2.24) is 0 Å². The molecule has 1 aromatic carbocycles. The van der Waals surface area contributed by atoms with Crippen molar-refractivity contribution < 1.29 is 9.53 Å². The van der Waals surface area contributed by atoms with Crippen LogP contribution in [-0.4, -0.2) is 19.1 Å². The monoisotopic (exact) mass is 197 g/mol. The molecule has 0 fully saturated rings. The first-order chi connectivity index (χ1) is 6.36. The first-order valence-electron chi connectivity index (χ1n) is 3.82. The van der Waals surface area contributed by atoms with Gasteiger partial charge in [0.1, 0.15) is 12.0 Å². The molecule has 0 radical (unpaired) electrons. The molecule has 3 nitrogen and oxygen atoms in total. The first-order valence-corrected chi connectivity index (χ1v) is 4.81. The highest BCUT2D eigenvalue weighted by molar-refractivity contribution is 8.01. The Kier molecular flexibility index (Phi) is 4.18. The Balaban J connectivity index is 2.44. The van der Waals surface area contributed by atoms with E-state index < -0.39 is 0 Å². The maximum absolute atomic E-state index is 10.0. The van der Waals surface area contributed by atoms with Crippen LogP contribution in [0.5, 0.6) is 5.75 Å². The van der Waals surface area contributed by atoms with Gasteiger partial charge in [-0.05, 0) is 36.2 Å². The summed E-state index contributed by atoms with van der Waals surface area (Å²) in [7, 11) is 1.63. The molecule has 13 heavy (non-hydrogen) atoms. The molecular formula is C9H11NO2S. The Morgan fingerprint density at radius 3 is 2.69 bits per heavy atom. The maximum Gasteiger partial charge on any atom is 0.131 e. The lowest BCUT2D eigenvalue weighted by Crippen LogP contribution is -1.90. The Bertz CT molecular complexity index is 261. The van der Waals surface area contributed by atoms with Crippen molar-refractivity contribution in [2.75, 3.05) is 17.6 Å². The molecule has 1 aromatic rings. The molecule has 0 amide bonds. The van der Waals surface area contributed by atoms with Crippen molar-refractivity contribution >= 4 is 23.9 Å². The standard InChI is InChI=1S/C9H11NO2S/c1-12-9-4-2-8(3-5-9)10-13-7-6-11/h2-6,10H,7H2,1H3. The van der Waals surface area contributed by atoms with Gasteiger partial charge >= 0.3 is 0 Å². The second-order valence-electron chi connectivity index (χ2n) is 2.31. The van der Waals surface area contributed by atoms with Gasteiger partial charge in [0.15, 0.2) is 0 Å². The quantitative estimate of drug-likeness (QED) is 0.445. The molecule has 4 heteroatoms. The van der Waals surface area contributed by atoms with E-state index in [0.717, 1.165) is 17.7 Å². The van der Waals surface area contributed by atoms with E-state index in [1.165, 1.54) is 11.9 Å². The number of hydrogen-bond acceptors (Lipinski definition) is 4. The number of anilines is 1. The Labute approximate surface area is 81.6 Å². The number of ether oxygens (including phenoxy) is 1. The molecule has 0 aliphatic heterocycles. The largest absolute Gasteiger partial charge is 0.497 e. The number of rotatable bonds is 5. The topological polar surface area (TPSA) is 38.3 Å². The van der Waals surface area contributed by atoms with E-state index in [1.807, 2.05) is 24.3 Å². The van der Waals surface area contributed by atoms with Crippen LogP contribution >= 0.6 is 11.9 Å². The summed E-state index contributed by atoms with van der Waals surface area (Å²) < 4.78 is 8.03. The number of methoxy groups -OCH3 is 1. The van der Waals surface area contributed by atoms with Gasteiger partial charge in [0.2, 0.25) is 0 Å². The highest BCUT2D eigenvalue weighted by Gasteiger charge is 1.92. The van der Waals surface area contributed by atoms with E-state index >= 15 is 0 Å². The summed E-state index contributed by atoms with van der Waals surface area (Å²) >= 11 is 1.36. The maximum atomic E-state index is 10.0. The van der Waals surface area contributed by atoms with Gasteiger partial charge in [-0.15, -0.1) is 0 Å². The fraction of sp³-hybridized carbons (Fsp3) is 0.222. The van der Waals surface area contributed by atoms with Crippen molar-refractivity contribution in [3.05, 3.63) is 24.3 Å². The van der Waals surface area contributed by atoms with Gasteiger partial charge < -0.3 is 14.3 Å². The van der Waals surface area contributed by atoms with Crippen LogP contribution in [0.3, 0.4) is 0 Å². The summed E-state index contributed by atoms with van der Waals surface area (Å²) in [5.41, 5.74) is 0.965. The minimum Gasteiger partial charge on any atom is -0.497 e. The third kappa shape index (κ3) is 3.38. The van der Waals surface area contributed by atoms with E-state index in [0.29, 0.717) is 5.75 Å². The van der Waals surface area contributed by atoms with Gasteiger partial charge in [0.25, 0.3) is 0 Å². The lowest BCUT2D eigenvalue weighted by Gasteiger charge is -2.03. The minimum absolute atomic E-state index is 0.450. The molecule has 0 bridgehead atoms. The summed E-state index contributed by atoms with van der Waals surface area (Å²) in [4.78, 5) is 10.0. The number of carbonyl (C=O) groups is 1. The predicted octanol–water partition coefficient (Wildman–Crippen LogP) is 1.95. The average molecular weight is 197 g/mol. The molecule has 0 saturated carbocycles. The van der Waals surface area contributed by atoms with Gasteiger partial charge in [-0.2, -0.15) is 0 Å². The van der Waals surface area contributed by atoms with Crippen LogP contribution < -0.4 is 9.46 Å². The molecule has 0 unspecified atom stereocenters. The lowest BCUT2D eigenvalue weighted by atomic mass is 10.3. The van der Waals surface area contributed by atoms with Crippen LogP contribution in [0.1, 0.15) is 0 Å². The zero-order chi connectivity index (χ0) is 9.52. The number of hydrogen-bond donors (Lipinski definition) is 1. The molecule has 70 valence electrons. The summed E-state index contributed by atoms with van der Waals surface area (Å²) in [6.07, 6.45) is 0.862. The zero-order valence-electron chi connectivity index (χ0n) is 7.32. The zero-order valence-corrected chi connectivity index (χ0v) is 8.14. The van der Waals surface area contributed by atoms with E-state index in [-0.39, 0.29) is 0 Å². The summed E-state index contributed by atoms with van der Waals surface area (Å²) in [6.45, 7) is 0. The second kappa shape index (κ2) is 5.48. The van der Waals surface area contributed by atoms with Crippen LogP contribution in [-0.2, 0) is 4.79 Å². The van der Waals surface area contributed by atoms with Crippen LogP contribution in [0.4, 0.5) is 5.69 Å². The summed E-state index contributed by atoms with van der Waals surface area (Å²) in [6, 6.07) is 7.53. The molecule has 1 N–H and O–H groups in total. The van der Waals surface area contributed by atoms with E-state index in [9.17, 15) is 4.79 Å². The Morgan fingerprint density at radius 2 is 2.15 bits per heavy atom. The Morgan fingerprint density at radius 1 is 1.46 bits per heavy atom. The van der Waals surface area contributed by atoms with Gasteiger partial charge in [0, 0.05) is 5.69 Å². The third-order valence-electron chi connectivity index (χ3n) is 1.43. The highest BCUT2D eigenvalue weighted by atomic mass is 32.2. The van der Waals surface area contributed by atoms with E-state index in [2.05, 4.69) is 4.72 Å². The van der Waals surface area contributed by atoms with Gasteiger partial charge in [0.05, 0.1) is 12.9 Å². The fourth-order valence-electron chi connectivity index (χ4n) is 0.818. The number of nitrogens with one attached hydrogen (secondary N) is 1. The molecule has 0 aliphatic rings. The van der Waals surface area contributed by atoms with Gasteiger partial charge in [-0.1, -0.05) is 0 Å². The predicted molar refractivity (Wildman–Crippen MR) is 55.1 cm³/mol. The summed E-state index contributed by atoms with van der Waals surface area (Å²) in [5, 5.41) is 0. The molecule has 0 atom stereocenters. The van der Waals surface area contributed by atoms with Crippen LogP contribution in [0.2, 0.25) is 0 Å². The molecule has 0 saturated heterocycles. The van der Waals surface area contributed by atoms with Crippen molar-refractivity contribution in [1.29, 1.82) is 0 Å². The Hall–Kier alpha value is -1.16. The number of aldehydes is 1. The lowest BCUT2D eigenvalue weighted by molar-refractivity contribution is -0.105. The van der Waals surface area contributed by atoms with Crippen LogP contribution in [0, 0.1) is 0 Å². The fourth-order valence-corrected chi connectivity index (χ4v) is 1.27. The molecular weight excluding hydrogens is 186 g/mol. The van der Waals surface area contributed by atoms with Crippen LogP contribution in [0.25, 0.3) is 0 Å². The molecule has 0 aromatic heterocycles. The van der Waals surface area contributed by atoms with Crippen LogP contribution in [0.15, 0.2) is 24.3 Å². The molecule has 0 aliphatic carbocycles. The first kappa shape index (κ1) is 9.92. The number of carbonyl (C=O) groups excluding carboxylic acids is 1. The van der Waals surface area contributed by atoms with Crippen molar-refractivity contribution in [2.24, 2.45) is 0 Å². The average Bonchev–Trinajstić information content (AvgIpc) is 2.19. The minimum atomic E-state index is 0.450. The SMILES string of the molecule is COc1ccc(NSCC=O)cc1. The summed E-state index contributed by atoms with van der Waals surface area (Å²) in [5.74, 6) is 1.28. The normalized spacial score (nSPS) is 9.31.